The number of benzene rings is 1. The molecule has 0 aromatic heterocycles. The third-order valence-corrected chi connectivity index (χ3v) is 1.86. The van der Waals surface area contributed by atoms with Crippen LogP contribution in [0.4, 0.5) is 11.4 Å². The normalized spacial score (nSPS) is 9.67. The van der Waals surface area contributed by atoms with Gasteiger partial charge in [0.1, 0.15) is 0 Å². The molecule has 0 bridgehead atoms. The van der Waals surface area contributed by atoms with Crippen LogP contribution in [0.2, 0.25) is 0 Å². The number of ether oxygens (including phenoxy) is 1. The minimum atomic E-state index is -1.20. The number of methoxy groups -OCH3 is 1. The number of esters is 1. The van der Waals surface area contributed by atoms with Crippen LogP contribution in [0.5, 0.6) is 0 Å². The standard InChI is InChI=1S/C9H10N2O4/c1-15-9(14)5-3-6(10)4(8(12)13)2-7(5)11/h2-3H,10-11H2,1H3,(H,12,13). The molecule has 5 N–H and O–H groups in total. The van der Waals surface area contributed by atoms with Gasteiger partial charge >= 0.3 is 11.9 Å². The van der Waals surface area contributed by atoms with Gasteiger partial charge in [0.05, 0.1) is 18.2 Å². The van der Waals surface area contributed by atoms with Crippen LogP contribution in [0.3, 0.4) is 0 Å². The van der Waals surface area contributed by atoms with Crippen molar-refractivity contribution in [1.82, 2.24) is 0 Å². The lowest BCUT2D eigenvalue weighted by Crippen LogP contribution is -2.10. The molecule has 0 atom stereocenters. The number of carbonyl (C=O) groups is 2. The van der Waals surface area contributed by atoms with E-state index in [4.69, 9.17) is 16.6 Å². The van der Waals surface area contributed by atoms with Gasteiger partial charge in [0.25, 0.3) is 0 Å². The van der Waals surface area contributed by atoms with Gasteiger partial charge in [-0.1, -0.05) is 0 Å². The minimum Gasteiger partial charge on any atom is -0.478 e. The molecule has 0 saturated heterocycles. The Kier molecular flexibility index (Phi) is 2.80. The van der Waals surface area contributed by atoms with Crippen molar-refractivity contribution in [3.8, 4) is 0 Å². The quantitative estimate of drug-likeness (QED) is 0.478. The molecule has 0 aliphatic carbocycles. The van der Waals surface area contributed by atoms with E-state index in [1.54, 1.807) is 0 Å². The van der Waals surface area contributed by atoms with Crippen molar-refractivity contribution in [3.05, 3.63) is 23.3 Å². The van der Waals surface area contributed by atoms with E-state index in [0.717, 1.165) is 6.07 Å². The summed E-state index contributed by atoms with van der Waals surface area (Å²) >= 11 is 0. The molecular weight excluding hydrogens is 200 g/mol. The number of hydrogen-bond acceptors (Lipinski definition) is 5. The number of aromatic carboxylic acids is 1. The van der Waals surface area contributed by atoms with Crippen LogP contribution >= 0.6 is 0 Å². The molecule has 0 aliphatic rings. The van der Waals surface area contributed by atoms with Gasteiger partial charge in [0.2, 0.25) is 0 Å². The van der Waals surface area contributed by atoms with Gasteiger partial charge in [-0.15, -0.1) is 0 Å². The van der Waals surface area contributed by atoms with Crippen molar-refractivity contribution in [2.45, 2.75) is 0 Å². The molecule has 1 rings (SSSR count). The van der Waals surface area contributed by atoms with Gasteiger partial charge in [-0.05, 0) is 12.1 Å². The van der Waals surface area contributed by atoms with Crippen LogP contribution in [0.1, 0.15) is 20.7 Å². The maximum atomic E-state index is 11.2. The molecular formula is C9H10N2O4. The number of nitrogen functional groups attached to an aromatic ring is 2. The van der Waals surface area contributed by atoms with Crippen molar-refractivity contribution >= 4 is 23.3 Å². The second kappa shape index (κ2) is 3.87. The van der Waals surface area contributed by atoms with E-state index in [9.17, 15) is 9.59 Å². The molecule has 0 heterocycles. The Hall–Kier alpha value is -2.24. The summed E-state index contributed by atoms with van der Waals surface area (Å²) in [5.74, 6) is -1.85. The number of anilines is 2. The lowest BCUT2D eigenvalue weighted by Gasteiger charge is -2.07. The van der Waals surface area contributed by atoms with E-state index >= 15 is 0 Å². The Morgan fingerprint density at radius 3 is 2.13 bits per heavy atom. The zero-order chi connectivity index (χ0) is 11.6. The first-order chi connectivity index (χ1) is 6.97. The Balaban J connectivity index is 3.31. The molecule has 1 aromatic carbocycles. The molecule has 15 heavy (non-hydrogen) atoms. The highest BCUT2D eigenvalue weighted by atomic mass is 16.5. The van der Waals surface area contributed by atoms with E-state index in [0.29, 0.717) is 0 Å². The summed E-state index contributed by atoms with van der Waals surface area (Å²) in [7, 11) is 1.20. The Labute approximate surface area is 85.4 Å². The van der Waals surface area contributed by atoms with Gasteiger partial charge in [-0.25, -0.2) is 9.59 Å². The van der Waals surface area contributed by atoms with Crippen molar-refractivity contribution in [1.29, 1.82) is 0 Å². The zero-order valence-corrected chi connectivity index (χ0v) is 7.98. The van der Waals surface area contributed by atoms with E-state index in [2.05, 4.69) is 4.74 Å². The van der Waals surface area contributed by atoms with Crippen LogP contribution in [0.25, 0.3) is 0 Å². The van der Waals surface area contributed by atoms with E-state index < -0.39 is 11.9 Å². The molecule has 80 valence electrons. The summed E-state index contributed by atoms with van der Waals surface area (Å²) in [6, 6.07) is 2.31. The lowest BCUT2D eigenvalue weighted by molar-refractivity contribution is 0.0600. The van der Waals surface area contributed by atoms with Gasteiger partial charge in [-0.3, -0.25) is 0 Å². The van der Waals surface area contributed by atoms with Crippen molar-refractivity contribution < 1.29 is 19.4 Å². The summed E-state index contributed by atoms with van der Waals surface area (Å²) < 4.78 is 4.45. The molecule has 0 fully saturated rings. The SMILES string of the molecule is COC(=O)c1cc(N)c(C(=O)O)cc1N. The zero-order valence-electron chi connectivity index (χ0n) is 7.98. The predicted octanol–water partition coefficient (Wildman–Crippen LogP) is 0.336. The predicted molar refractivity (Wildman–Crippen MR) is 53.6 cm³/mol. The Bertz CT molecular complexity index is 428. The smallest absolute Gasteiger partial charge is 0.340 e. The fourth-order valence-electron chi connectivity index (χ4n) is 1.11. The monoisotopic (exact) mass is 210 g/mol. The largest absolute Gasteiger partial charge is 0.478 e. The average Bonchev–Trinajstić information content (AvgIpc) is 2.19. The van der Waals surface area contributed by atoms with Gasteiger partial charge in [-0.2, -0.15) is 0 Å². The topological polar surface area (TPSA) is 116 Å². The maximum Gasteiger partial charge on any atom is 0.340 e. The second-order valence-electron chi connectivity index (χ2n) is 2.82. The molecule has 6 nitrogen and oxygen atoms in total. The number of carboxylic acid groups (broad SMARTS) is 1. The van der Waals surface area contributed by atoms with Gasteiger partial charge in [0, 0.05) is 11.4 Å². The third kappa shape index (κ3) is 1.98. The molecule has 0 radical (unpaired) electrons. The molecule has 0 spiro atoms. The summed E-state index contributed by atoms with van der Waals surface area (Å²) in [6.45, 7) is 0. The summed E-state index contributed by atoms with van der Waals surface area (Å²) in [4.78, 5) is 21.8. The minimum absolute atomic E-state index is 0.0217. The van der Waals surface area contributed by atoms with Crippen molar-refractivity contribution in [2.24, 2.45) is 0 Å². The van der Waals surface area contributed by atoms with E-state index in [1.165, 1.54) is 13.2 Å². The van der Waals surface area contributed by atoms with Gasteiger partial charge < -0.3 is 21.3 Å². The van der Waals surface area contributed by atoms with Crippen LogP contribution in [-0.4, -0.2) is 24.2 Å². The van der Waals surface area contributed by atoms with Crippen LogP contribution in [0.15, 0.2) is 12.1 Å². The first kappa shape index (κ1) is 10.8. The number of hydrogen-bond donors (Lipinski definition) is 3. The Morgan fingerprint density at radius 1 is 1.20 bits per heavy atom. The molecule has 0 saturated carbocycles. The van der Waals surface area contributed by atoms with E-state index in [1.807, 2.05) is 0 Å². The maximum absolute atomic E-state index is 11.2. The number of rotatable bonds is 2. The first-order valence-corrected chi connectivity index (χ1v) is 3.98. The summed E-state index contributed by atoms with van der Waals surface area (Å²) in [5.41, 5.74) is 10.8. The lowest BCUT2D eigenvalue weighted by atomic mass is 10.1. The van der Waals surface area contributed by atoms with Crippen molar-refractivity contribution in [2.75, 3.05) is 18.6 Å². The molecule has 0 amide bonds. The number of nitrogens with two attached hydrogens (primary N) is 2. The van der Waals surface area contributed by atoms with E-state index in [-0.39, 0.29) is 22.5 Å². The summed E-state index contributed by atoms with van der Waals surface area (Å²) in [5, 5.41) is 8.73. The number of carbonyl (C=O) groups excluding carboxylic acids is 1. The highest BCUT2D eigenvalue weighted by Gasteiger charge is 2.16. The van der Waals surface area contributed by atoms with Crippen LogP contribution in [0, 0.1) is 0 Å². The molecule has 6 heteroatoms. The third-order valence-electron chi connectivity index (χ3n) is 1.86. The second-order valence-corrected chi connectivity index (χ2v) is 2.82. The highest BCUT2D eigenvalue weighted by molar-refractivity contribution is 6.01. The Morgan fingerprint density at radius 2 is 1.67 bits per heavy atom. The van der Waals surface area contributed by atoms with Gasteiger partial charge in [0.15, 0.2) is 0 Å². The fraction of sp³-hybridized carbons (Fsp3) is 0.111. The first-order valence-electron chi connectivity index (χ1n) is 3.98. The van der Waals surface area contributed by atoms with Crippen LogP contribution in [-0.2, 0) is 4.74 Å². The highest BCUT2D eigenvalue weighted by Crippen LogP contribution is 2.21. The van der Waals surface area contributed by atoms with Crippen LogP contribution < -0.4 is 11.5 Å². The van der Waals surface area contributed by atoms with Crippen molar-refractivity contribution in [3.63, 3.8) is 0 Å². The average molecular weight is 210 g/mol. The molecule has 1 aromatic rings. The number of carboxylic acids is 1. The fourth-order valence-corrected chi connectivity index (χ4v) is 1.11. The molecule has 0 aliphatic heterocycles. The molecule has 0 unspecified atom stereocenters. The summed E-state index contributed by atoms with van der Waals surface area (Å²) in [6.07, 6.45) is 0.